The van der Waals surface area contributed by atoms with Gasteiger partial charge in [-0.15, -0.1) is 11.3 Å². The number of thiazole rings is 1. The van der Waals surface area contributed by atoms with Crippen LogP contribution in [0.3, 0.4) is 0 Å². The molecule has 1 fully saturated rings. The van der Waals surface area contributed by atoms with E-state index in [1.807, 2.05) is 12.3 Å². The van der Waals surface area contributed by atoms with E-state index < -0.39 is 0 Å². The highest BCUT2D eigenvalue weighted by atomic mass is 32.1. The van der Waals surface area contributed by atoms with Gasteiger partial charge in [0, 0.05) is 42.7 Å². The van der Waals surface area contributed by atoms with E-state index in [9.17, 15) is 0 Å². The molecule has 0 radical (unpaired) electrons. The largest absolute Gasteiger partial charge is 0.375 e. The van der Waals surface area contributed by atoms with Gasteiger partial charge in [-0.1, -0.05) is 30.3 Å². The van der Waals surface area contributed by atoms with Crippen LogP contribution in [0.1, 0.15) is 16.4 Å². The summed E-state index contributed by atoms with van der Waals surface area (Å²) >= 11 is 1.56. The topological polar surface area (TPSA) is 68.2 Å². The molecule has 5 heteroatoms. The Morgan fingerprint density at radius 3 is 2.74 bits per heavy atom. The molecule has 3 rings (SSSR count). The molecule has 0 saturated carbocycles. The normalized spacial score (nSPS) is 23.8. The van der Waals surface area contributed by atoms with Crippen LogP contribution in [0.15, 0.2) is 36.5 Å². The molecule has 4 nitrogen and oxygen atoms in total. The first kappa shape index (κ1) is 12.6. The van der Waals surface area contributed by atoms with Crippen molar-refractivity contribution in [2.24, 2.45) is 5.73 Å². The zero-order valence-corrected chi connectivity index (χ0v) is 11.5. The Balaban J connectivity index is 1.68. The van der Waals surface area contributed by atoms with Gasteiger partial charge < -0.3 is 11.5 Å². The fourth-order valence-corrected chi connectivity index (χ4v) is 3.44. The molecule has 1 aliphatic rings. The summed E-state index contributed by atoms with van der Waals surface area (Å²) in [6.45, 7) is 2.83. The van der Waals surface area contributed by atoms with Crippen molar-refractivity contribution in [3.63, 3.8) is 0 Å². The number of nitrogens with two attached hydrogens (primary N) is 2. The molecule has 0 amide bonds. The van der Waals surface area contributed by atoms with Crippen molar-refractivity contribution >= 4 is 16.5 Å². The Hall–Kier alpha value is -1.43. The van der Waals surface area contributed by atoms with E-state index >= 15 is 0 Å². The summed E-state index contributed by atoms with van der Waals surface area (Å²) in [6.07, 6.45) is 1.86. The summed E-state index contributed by atoms with van der Waals surface area (Å²) in [6, 6.07) is 10.7. The van der Waals surface area contributed by atoms with Crippen LogP contribution in [0.5, 0.6) is 0 Å². The van der Waals surface area contributed by atoms with Crippen LogP contribution in [-0.4, -0.2) is 29.0 Å². The number of nitrogen functional groups attached to an aromatic ring is 1. The molecule has 2 aromatic rings. The van der Waals surface area contributed by atoms with E-state index in [0.29, 0.717) is 11.0 Å². The number of aromatic nitrogens is 1. The number of rotatable bonds is 3. The third-order valence-corrected chi connectivity index (χ3v) is 4.43. The second-order valence-electron chi connectivity index (χ2n) is 5.04. The van der Waals surface area contributed by atoms with E-state index in [4.69, 9.17) is 11.5 Å². The third-order valence-electron chi connectivity index (χ3n) is 3.62. The smallest absolute Gasteiger partial charge is 0.180 e. The summed E-state index contributed by atoms with van der Waals surface area (Å²) in [5.74, 6) is 0.423. The predicted octanol–water partition coefficient (Wildman–Crippen LogP) is 1.65. The lowest BCUT2D eigenvalue weighted by atomic mass is 9.95. The molecule has 1 aromatic carbocycles. The van der Waals surface area contributed by atoms with E-state index in [1.165, 1.54) is 10.4 Å². The van der Waals surface area contributed by atoms with E-state index in [-0.39, 0.29) is 6.04 Å². The predicted molar refractivity (Wildman–Crippen MR) is 79.0 cm³/mol. The molecule has 1 saturated heterocycles. The minimum atomic E-state index is 0.202. The highest BCUT2D eigenvalue weighted by molar-refractivity contribution is 7.15. The van der Waals surface area contributed by atoms with Crippen LogP contribution < -0.4 is 11.5 Å². The molecule has 0 aliphatic carbocycles. The number of likely N-dealkylation sites (tertiary alicyclic amines) is 1. The maximum atomic E-state index is 6.28. The number of hydrogen-bond donors (Lipinski definition) is 2. The molecule has 4 N–H and O–H groups in total. The Morgan fingerprint density at radius 1 is 1.26 bits per heavy atom. The highest BCUT2D eigenvalue weighted by Crippen LogP contribution is 2.28. The van der Waals surface area contributed by atoms with E-state index in [0.717, 1.165) is 19.6 Å². The molecular formula is C14H18N4S. The van der Waals surface area contributed by atoms with Crippen molar-refractivity contribution in [2.45, 2.75) is 18.5 Å². The lowest BCUT2D eigenvalue weighted by Crippen LogP contribution is -2.28. The molecule has 100 valence electrons. The van der Waals surface area contributed by atoms with Gasteiger partial charge in [0.15, 0.2) is 5.13 Å². The number of anilines is 1. The maximum absolute atomic E-state index is 6.28. The van der Waals surface area contributed by atoms with Crippen LogP contribution in [0.2, 0.25) is 0 Å². The minimum absolute atomic E-state index is 0.202. The summed E-state index contributed by atoms with van der Waals surface area (Å²) < 4.78 is 0. The van der Waals surface area contributed by atoms with Crippen molar-refractivity contribution < 1.29 is 0 Å². The molecule has 0 bridgehead atoms. The van der Waals surface area contributed by atoms with Gasteiger partial charge >= 0.3 is 0 Å². The maximum Gasteiger partial charge on any atom is 0.180 e. The van der Waals surface area contributed by atoms with Crippen LogP contribution in [0, 0.1) is 0 Å². The second-order valence-corrected chi connectivity index (χ2v) is 6.19. The monoisotopic (exact) mass is 274 g/mol. The zero-order chi connectivity index (χ0) is 13.2. The van der Waals surface area contributed by atoms with Crippen LogP contribution >= 0.6 is 11.3 Å². The summed E-state index contributed by atoms with van der Waals surface area (Å²) in [4.78, 5) is 7.68. The van der Waals surface area contributed by atoms with Crippen LogP contribution in [0.4, 0.5) is 5.13 Å². The number of hydrogen-bond acceptors (Lipinski definition) is 5. The summed E-state index contributed by atoms with van der Waals surface area (Å²) in [5, 5.41) is 0.637. The molecule has 2 heterocycles. The molecule has 0 spiro atoms. The number of benzene rings is 1. The van der Waals surface area contributed by atoms with Crippen LogP contribution in [-0.2, 0) is 6.54 Å². The minimum Gasteiger partial charge on any atom is -0.375 e. The van der Waals surface area contributed by atoms with E-state index in [1.54, 1.807) is 11.3 Å². The van der Waals surface area contributed by atoms with Gasteiger partial charge in [-0.25, -0.2) is 4.98 Å². The average molecular weight is 274 g/mol. The first-order valence-corrected chi connectivity index (χ1v) is 7.27. The van der Waals surface area contributed by atoms with E-state index in [2.05, 4.69) is 34.1 Å². The van der Waals surface area contributed by atoms with Crippen molar-refractivity contribution in [1.29, 1.82) is 0 Å². The molecular weight excluding hydrogens is 256 g/mol. The van der Waals surface area contributed by atoms with Gasteiger partial charge in [0.05, 0.1) is 0 Å². The number of nitrogens with zero attached hydrogens (tertiary/aromatic N) is 2. The Morgan fingerprint density at radius 2 is 2.05 bits per heavy atom. The van der Waals surface area contributed by atoms with Gasteiger partial charge in [-0.2, -0.15) is 0 Å². The Kier molecular flexibility index (Phi) is 3.50. The molecule has 0 unspecified atom stereocenters. The Bertz CT molecular complexity index is 539. The molecule has 19 heavy (non-hydrogen) atoms. The van der Waals surface area contributed by atoms with Gasteiger partial charge in [0.25, 0.3) is 0 Å². The quantitative estimate of drug-likeness (QED) is 0.893. The van der Waals surface area contributed by atoms with Gasteiger partial charge in [0.2, 0.25) is 0 Å². The van der Waals surface area contributed by atoms with Gasteiger partial charge in [-0.3, -0.25) is 4.90 Å². The van der Waals surface area contributed by atoms with Crippen molar-refractivity contribution in [1.82, 2.24) is 9.88 Å². The van der Waals surface area contributed by atoms with Crippen molar-refractivity contribution in [3.8, 4) is 0 Å². The fraction of sp³-hybridized carbons (Fsp3) is 0.357. The Labute approximate surface area is 117 Å². The lowest BCUT2D eigenvalue weighted by Gasteiger charge is -2.15. The van der Waals surface area contributed by atoms with Gasteiger partial charge in [-0.05, 0) is 5.56 Å². The first-order valence-electron chi connectivity index (χ1n) is 6.45. The summed E-state index contributed by atoms with van der Waals surface area (Å²) in [7, 11) is 0. The highest BCUT2D eigenvalue weighted by Gasteiger charge is 2.31. The lowest BCUT2D eigenvalue weighted by molar-refractivity contribution is 0.326. The SMILES string of the molecule is Nc1ncc(CN2C[C@@H](N)[C@H](c3ccccc3)C2)s1. The van der Waals surface area contributed by atoms with Crippen molar-refractivity contribution in [3.05, 3.63) is 47.0 Å². The van der Waals surface area contributed by atoms with Crippen LogP contribution in [0.25, 0.3) is 0 Å². The summed E-state index contributed by atoms with van der Waals surface area (Å²) in [5.41, 5.74) is 13.3. The molecule has 1 aliphatic heterocycles. The molecule has 1 aromatic heterocycles. The first-order chi connectivity index (χ1) is 9.22. The van der Waals surface area contributed by atoms with Gasteiger partial charge in [0.1, 0.15) is 0 Å². The standard InChI is InChI=1S/C14H18N4S/c15-13-9-18(7-11-6-17-14(16)19-11)8-12(13)10-4-2-1-3-5-10/h1-6,12-13H,7-9,15H2,(H2,16,17)/t12-,13+/m0/s1. The fourth-order valence-electron chi connectivity index (χ4n) is 2.71. The third kappa shape index (κ3) is 2.78. The van der Waals surface area contributed by atoms with Crippen molar-refractivity contribution in [2.75, 3.05) is 18.8 Å². The molecule has 2 atom stereocenters. The second kappa shape index (κ2) is 5.28. The zero-order valence-electron chi connectivity index (χ0n) is 10.7. The average Bonchev–Trinajstić information content (AvgIpc) is 2.97.